The van der Waals surface area contributed by atoms with E-state index in [1.165, 1.54) is 6.07 Å². The summed E-state index contributed by atoms with van der Waals surface area (Å²) in [5.41, 5.74) is 2.70. The number of rotatable bonds is 6. The molecule has 0 aliphatic heterocycles. The minimum Gasteiger partial charge on any atom is -0.394 e. The molecule has 0 aliphatic carbocycles. The Morgan fingerprint density at radius 1 is 1.26 bits per heavy atom. The van der Waals surface area contributed by atoms with Crippen molar-refractivity contribution in [1.29, 1.82) is 0 Å². The number of hydrogen-bond donors (Lipinski definition) is 2. The number of allylic oxidation sites excluding steroid dienone is 3. The highest BCUT2D eigenvalue weighted by atomic mass is 19.1. The van der Waals surface area contributed by atoms with E-state index < -0.39 is 0 Å². The van der Waals surface area contributed by atoms with Crippen LogP contribution < -0.4 is 10.6 Å². The van der Waals surface area contributed by atoms with Crippen LogP contribution in [-0.2, 0) is 0 Å². The van der Waals surface area contributed by atoms with Gasteiger partial charge in [0.15, 0.2) is 0 Å². The summed E-state index contributed by atoms with van der Waals surface area (Å²) >= 11 is 0. The summed E-state index contributed by atoms with van der Waals surface area (Å²) < 4.78 is 13.5. The van der Waals surface area contributed by atoms with Gasteiger partial charge in [-0.25, -0.2) is 4.39 Å². The molecule has 0 radical (unpaired) electrons. The van der Waals surface area contributed by atoms with Crippen LogP contribution in [0.1, 0.15) is 19.4 Å². The molecule has 2 N–H and O–H groups in total. The summed E-state index contributed by atoms with van der Waals surface area (Å²) in [7, 11) is 1.86. The lowest BCUT2D eigenvalue weighted by Crippen LogP contribution is -2.05. The normalized spacial score (nSPS) is 12.8. The van der Waals surface area contributed by atoms with E-state index >= 15 is 0 Å². The quantitative estimate of drug-likeness (QED) is 0.604. The first kappa shape index (κ1) is 15.0. The van der Waals surface area contributed by atoms with Crippen LogP contribution in [0.4, 0.5) is 4.39 Å². The molecule has 19 heavy (non-hydrogen) atoms. The van der Waals surface area contributed by atoms with Crippen LogP contribution >= 0.6 is 0 Å². The molecule has 2 nitrogen and oxygen atoms in total. The molecule has 3 heteroatoms. The molecule has 0 spiro atoms. The molecule has 0 heterocycles. The van der Waals surface area contributed by atoms with Crippen molar-refractivity contribution in [3.05, 3.63) is 65.8 Å². The molecule has 0 fully saturated rings. The molecular weight excluding hydrogens is 239 g/mol. The first-order valence-electron chi connectivity index (χ1n) is 6.30. The monoisotopic (exact) mass is 260 g/mol. The van der Waals surface area contributed by atoms with Crippen molar-refractivity contribution in [2.45, 2.75) is 13.8 Å². The second kappa shape index (κ2) is 8.14. The molecule has 102 valence electrons. The van der Waals surface area contributed by atoms with E-state index in [9.17, 15) is 4.39 Å². The highest BCUT2D eigenvalue weighted by molar-refractivity contribution is 5.64. The van der Waals surface area contributed by atoms with Gasteiger partial charge >= 0.3 is 0 Å². The van der Waals surface area contributed by atoms with Crippen molar-refractivity contribution in [1.82, 2.24) is 10.6 Å². The molecule has 1 aromatic rings. The van der Waals surface area contributed by atoms with Crippen LogP contribution in [0.5, 0.6) is 0 Å². The van der Waals surface area contributed by atoms with E-state index in [2.05, 4.69) is 10.6 Å². The number of hydrogen-bond acceptors (Lipinski definition) is 2. The van der Waals surface area contributed by atoms with Gasteiger partial charge in [0.05, 0.1) is 0 Å². The lowest BCUT2D eigenvalue weighted by Gasteiger charge is -2.04. The van der Waals surface area contributed by atoms with Crippen LogP contribution in [0.3, 0.4) is 0 Å². The number of nitrogens with one attached hydrogen (secondary N) is 2. The summed E-state index contributed by atoms with van der Waals surface area (Å²) in [6.45, 7) is 4.59. The maximum atomic E-state index is 13.5. The summed E-state index contributed by atoms with van der Waals surface area (Å²) in [6.07, 6.45) is 7.75. The van der Waals surface area contributed by atoms with Crippen molar-refractivity contribution in [3.63, 3.8) is 0 Å². The van der Waals surface area contributed by atoms with Crippen molar-refractivity contribution in [2.75, 3.05) is 13.6 Å². The fraction of sp³-hybridized carbons (Fsp3) is 0.250. The summed E-state index contributed by atoms with van der Waals surface area (Å²) in [5, 5.41) is 6.11. The Hall–Kier alpha value is -2.03. The molecule has 0 saturated carbocycles. The zero-order valence-corrected chi connectivity index (χ0v) is 11.7. The first-order valence-corrected chi connectivity index (χ1v) is 6.30. The van der Waals surface area contributed by atoms with E-state index in [0.717, 1.165) is 11.1 Å². The minimum absolute atomic E-state index is 0.181. The molecule has 1 rings (SSSR count). The second-order valence-corrected chi connectivity index (χ2v) is 4.29. The molecule has 0 aliphatic rings. The Labute approximate surface area is 114 Å². The zero-order chi connectivity index (χ0) is 14.1. The predicted octanol–water partition coefficient (Wildman–Crippen LogP) is 3.46. The number of benzene rings is 1. The van der Waals surface area contributed by atoms with E-state index in [1.54, 1.807) is 12.1 Å². The standard InChI is InChI=1S/C16H21FN2/c1-13(8-10-18-3)12-19-11-9-14(2)15-6-4-5-7-16(15)17/h4-10,12,18-19H,11H2,1-3H3/b10-8-,13-12+,14-9+. The molecular formula is C16H21FN2. The molecule has 0 bridgehead atoms. The van der Waals surface area contributed by atoms with Gasteiger partial charge in [0.1, 0.15) is 5.82 Å². The molecule has 0 atom stereocenters. The average molecular weight is 260 g/mol. The fourth-order valence-electron chi connectivity index (χ4n) is 1.59. The van der Waals surface area contributed by atoms with Gasteiger partial charge in [-0.1, -0.05) is 24.3 Å². The van der Waals surface area contributed by atoms with E-state index in [1.807, 2.05) is 51.5 Å². The highest BCUT2D eigenvalue weighted by Crippen LogP contribution is 2.16. The van der Waals surface area contributed by atoms with Crippen LogP contribution in [0.25, 0.3) is 5.57 Å². The largest absolute Gasteiger partial charge is 0.394 e. The molecule has 0 aromatic heterocycles. The van der Waals surface area contributed by atoms with Crippen LogP contribution in [0.15, 0.2) is 54.4 Å². The lowest BCUT2D eigenvalue weighted by atomic mass is 10.1. The Balaban J connectivity index is 2.54. The van der Waals surface area contributed by atoms with Gasteiger partial charge in [-0.2, -0.15) is 0 Å². The van der Waals surface area contributed by atoms with E-state index in [-0.39, 0.29) is 5.82 Å². The van der Waals surface area contributed by atoms with Gasteiger partial charge in [-0.05, 0) is 49.5 Å². The predicted molar refractivity (Wildman–Crippen MR) is 80.0 cm³/mol. The van der Waals surface area contributed by atoms with Crippen molar-refractivity contribution >= 4 is 5.57 Å². The van der Waals surface area contributed by atoms with Crippen LogP contribution in [0.2, 0.25) is 0 Å². The Morgan fingerprint density at radius 2 is 2.00 bits per heavy atom. The minimum atomic E-state index is -0.181. The topological polar surface area (TPSA) is 24.1 Å². The first-order chi connectivity index (χ1) is 9.15. The fourth-order valence-corrected chi connectivity index (χ4v) is 1.59. The van der Waals surface area contributed by atoms with Gasteiger partial charge in [-0.15, -0.1) is 0 Å². The zero-order valence-electron chi connectivity index (χ0n) is 11.7. The third-order valence-electron chi connectivity index (χ3n) is 2.67. The Kier molecular flexibility index (Phi) is 6.44. The summed E-state index contributed by atoms with van der Waals surface area (Å²) in [6, 6.07) is 6.81. The molecule has 0 saturated heterocycles. The number of halogens is 1. The van der Waals surface area contributed by atoms with E-state index in [4.69, 9.17) is 0 Å². The maximum Gasteiger partial charge on any atom is 0.130 e. The van der Waals surface area contributed by atoms with Gasteiger partial charge in [0.2, 0.25) is 0 Å². The van der Waals surface area contributed by atoms with Gasteiger partial charge in [-0.3, -0.25) is 0 Å². The Bertz CT molecular complexity index is 487. The highest BCUT2D eigenvalue weighted by Gasteiger charge is 2.00. The Morgan fingerprint density at radius 3 is 2.68 bits per heavy atom. The van der Waals surface area contributed by atoms with Crippen LogP contribution in [-0.4, -0.2) is 13.6 Å². The summed E-state index contributed by atoms with van der Waals surface area (Å²) in [5.74, 6) is -0.181. The molecule has 0 unspecified atom stereocenters. The summed E-state index contributed by atoms with van der Waals surface area (Å²) in [4.78, 5) is 0. The van der Waals surface area contributed by atoms with Gasteiger partial charge in [0.25, 0.3) is 0 Å². The third-order valence-corrected chi connectivity index (χ3v) is 2.67. The molecule has 1 aromatic carbocycles. The van der Waals surface area contributed by atoms with Gasteiger partial charge in [0, 0.05) is 19.2 Å². The maximum absolute atomic E-state index is 13.5. The SMILES string of the molecule is CN/C=C\C(C)=C\NC/C=C(\C)c1ccccc1F. The average Bonchev–Trinajstić information content (AvgIpc) is 2.41. The van der Waals surface area contributed by atoms with Crippen molar-refractivity contribution in [2.24, 2.45) is 0 Å². The van der Waals surface area contributed by atoms with E-state index in [0.29, 0.717) is 12.1 Å². The molecule has 0 amide bonds. The lowest BCUT2D eigenvalue weighted by molar-refractivity contribution is 0.624. The third kappa shape index (κ3) is 5.42. The second-order valence-electron chi connectivity index (χ2n) is 4.29. The van der Waals surface area contributed by atoms with Crippen molar-refractivity contribution < 1.29 is 4.39 Å². The smallest absolute Gasteiger partial charge is 0.130 e. The van der Waals surface area contributed by atoms with Crippen molar-refractivity contribution in [3.8, 4) is 0 Å². The van der Waals surface area contributed by atoms with Gasteiger partial charge < -0.3 is 10.6 Å². The van der Waals surface area contributed by atoms with Crippen LogP contribution in [0, 0.1) is 5.82 Å².